The first-order valence-corrected chi connectivity index (χ1v) is 7.42. The monoisotopic (exact) mass is 284 g/mol. The van der Waals surface area contributed by atoms with Gasteiger partial charge in [-0.2, -0.15) is 0 Å². The molecule has 0 saturated heterocycles. The fraction of sp³-hybridized carbons (Fsp3) is 0.412. The van der Waals surface area contributed by atoms with Crippen LogP contribution in [-0.2, 0) is 12.8 Å². The van der Waals surface area contributed by atoms with Gasteiger partial charge in [-0.05, 0) is 30.4 Å². The minimum atomic E-state index is -0.0745. The Labute approximate surface area is 124 Å². The molecule has 1 unspecified atom stereocenters. The third kappa shape index (κ3) is 3.15. The second-order valence-electron chi connectivity index (χ2n) is 6.04. The number of ether oxygens (including phenoxy) is 1. The van der Waals surface area contributed by atoms with Crippen molar-refractivity contribution < 1.29 is 4.74 Å². The van der Waals surface area contributed by atoms with E-state index in [-0.39, 0.29) is 11.5 Å². The molecule has 0 bridgehead atoms. The van der Waals surface area contributed by atoms with Crippen molar-refractivity contribution in [3.8, 4) is 5.75 Å². The second-order valence-corrected chi connectivity index (χ2v) is 6.04. The summed E-state index contributed by atoms with van der Waals surface area (Å²) in [6.07, 6.45) is 1.67. The van der Waals surface area contributed by atoms with Gasteiger partial charge in [0.1, 0.15) is 11.6 Å². The minimum Gasteiger partial charge on any atom is -0.493 e. The smallest absolute Gasteiger partial charge is 0.251 e. The van der Waals surface area contributed by atoms with Crippen LogP contribution in [0, 0.1) is 5.92 Å². The van der Waals surface area contributed by atoms with E-state index in [0.717, 1.165) is 30.1 Å². The number of benzene rings is 1. The summed E-state index contributed by atoms with van der Waals surface area (Å²) in [4.78, 5) is 19.4. The molecule has 4 nitrogen and oxygen atoms in total. The molecular formula is C17H20N2O2. The van der Waals surface area contributed by atoms with Gasteiger partial charge in [0.15, 0.2) is 0 Å². The van der Waals surface area contributed by atoms with Crippen LogP contribution in [0.5, 0.6) is 5.75 Å². The van der Waals surface area contributed by atoms with E-state index in [2.05, 4.69) is 29.9 Å². The Kier molecular flexibility index (Phi) is 3.78. The van der Waals surface area contributed by atoms with Crippen molar-refractivity contribution in [1.29, 1.82) is 0 Å². The standard InChI is InChI=1S/C17H20N2O2/c1-11(2)7-14-9-16(20)19-17(18-14)13-8-12-5-3-4-6-15(12)21-10-13/h3-6,9,11,13H,7-8,10H2,1-2H3,(H,18,19,20). The van der Waals surface area contributed by atoms with Crippen molar-refractivity contribution in [1.82, 2.24) is 9.97 Å². The molecule has 21 heavy (non-hydrogen) atoms. The Morgan fingerprint density at radius 2 is 2.19 bits per heavy atom. The lowest BCUT2D eigenvalue weighted by Gasteiger charge is -2.24. The molecule has 0 radical (unpaired) electrons. The molecule has 2 aromatic rings. The molecular weight excluding hydrogens is 264 g/mol. The van der Waals surface area contributed by atoms with Crippen LogP contribution in [0.1, 0.15) is 36.8 Å². The number of para-hydroxylation sites is 1. The summed E-state index contributed by atoms with van der Waals surface area (Å²) in [5.41, 5.74) is 1.96. The van der Waals surface area contributed by atoms with Gasteiger partial charge >= 0.3 is 0 Å². The highest BCUT2D eigenvalue weighted by Crippen LogP contribution is 2.30. The maximum absolute atomic E-state index is 11.8. The number of aromatic amines is 1. The molecule has 0 spiro atoms. The van der Waals surface area contributed by atoms with Crippen LogP contribution in [0.15, 0.2) is 35.1 Å². The van der Waals surface area contributed by atoms with Crippen LogP contribution in [-0.4, -0.2) is 16.6 Å². The quantitative estimate of drug-likeness (QED) is 0.942. The molecule has 1 aliphatic rings. The lowest BCUT2D eigenvalue weighted by atomic mass is 9.96. The Morgan fingerprint density at radius 3 is 3.00 bits per heavy atom. The van der Waals surface area contributed by atoms with Gasteiger partial charge in [-0.25, -0.2) is 4.98 Å². The summed E-state index contributed by atoms with van der Waals surface area (Å²) in [6.45, 7) is 4.82. The topological polar surface area (TPSA) is 55.0 Å². The van der Waals surface area contributed by atoms with E-state index in [1.165, 1.54) is 5.56 Å². The van der Waals surface area contributed by atoms with Crippen molar-refractivity contribution in [2.24, 2.45) is 5.92 Å². The van der Waals surface area contributed by atoms with Gasteiger partial charge in [0.2, 0.25) is 0 Å². The summed E-state index contributed by atoms with van der Waals surface area (Å²) in [7, 11) is 0. The molecule has 1 N–H and O–H groups in total. The number of fused-ring (bicyclic) bond motifs is 1. The van der Waals surface area contributed by atoms with Crippen LogP contribution in [0.25, 0.3) is 0 Å². The van der Waals surface area contributed by atoms with Crippen LogP contribution in [0.2, 0.25) is 0 Å². The first-order valence-electron chi connectivity index (χ1n) is 7.42. The van der Waals surface area contributed by atoms with Gasteiger partial charge in [-0.1, -0.05) is 32.0 Å². The molecule has 0 amide bonds. The zero-order valence-corrected chi connectivity index (χ0v) is 12.4. The van der Waals surface area contributed by atoms with Crippen molar-refractivity contribution in [2.75, 3.05) is 6.61 Å². The number of hydrogen-bond acceptors (Lipinski definition) is 3. The van der Waals surface area contributed by atoms with E-state index in [9.17, 15) is 4.79 Å². The van der Waals surface area contributed by atoms with Crippen LogP contribution < -0.4 is 10.3 Å². The number of nitrogens with zero attached hydrogens (tertiary/aromatic N) is 1. The highest BCUT2D eigenvalue weighted by Gasteiger charge is 2.23. The molecule has 1 atom stereocenters. The summed E-state index contributed by atoms with van der Waals surface area (Å²) in [5, 5.41) is 0. The molecule has 110 valence electrons. The average molecular weight is 284 g/mol. The fourth-order valence-corrected chi connectivity index (χ4v) is 2.75. The largest absolute Gasteiger partial charge is 0.493 e. The Bertz CT molecular complexity index is 691. The third-order valence-corrected chi connectivity index (χ3v) is 3.70. The molecule has 4 heteroatoms. The SMILES string of the molecule is CC(C)Cc1cc(=O)[nH]c(C2COc3ccccc3C2)n1. The predicted molar refractivity (Wildman–Crippen MR) is 81.8 cm³/mol. The molecule has 1 aromatic heterocycles. The Hall–Kier alpha value is -2.10. The van der Waals surface area contributed by atoms with Gasteiger partial charge in [-0.15, -0.1) is 0 Å². The minimum absolute atomic E-state index is 0.0745. The predicted octanol–water partition coefficient (Wildman–Crippen LogP) is 2.69. The number of nitrogens with one attached hydrogen (secondary N) is 1. The molecule has 1 aromatic carbocycles. The molecule has 0 fully saturated rings. The second kappa shape index (κ2) is 5.72. The molecule has 0 saturated carbocycles. The van der Waals surface area contributed by atoms with Gasteiger partial charge in [0.25, 0.3) is 5.56 Å². The van der Waals surface area contributed by atoms with Gasteiger partial charge < -0.3 is 9.72 Å². The average Bonchev–Trinajstić information content (AvgIpc) is 2.45. The maximum atomic E-state index is 11.8. The first-order chi connectivity index (χ1) is 10.1. The number of aromatic nitrogens is 2. The van der Waals surface area contributed by atoms with Crippen LogP contribution >= 0.6 is 0 Å². The third-order valence-electron chi connectivity index (χ3n) is 3.70. The zero-order valence-electron chi connectivity index (χ0n) is 12.4. The van der Waals surface area contributed by atoms with Crippen molar-refractivity contribution in [3.63, 3.8) is 0 Å². The van der Waals surface area contributed by atoms with E-state index < -0.39 is 0 Å². The van der Waals surface area contributed by atoms with Gasteiger partial charge in [-0.3, -0.25) is 4.79 Å². The lowest BCUT2D eigenvalue weighted by Crippen LogP contribution is -2.24. The summed E-state index contributed by atoms with van der Waals surface area (Å²) < 4.78 is 5.79. The highest BCUT2D eigenvalue weighted by molar-refractivity contribution is 5.36. The van der Waals surface area contributed by atoms with E-state index in [4.69, 9.17) is 4.74 Å². The highest BCUT2D eigenvalue weighted by atomic mass is 16.5. The summed E-state index contributed by atoms with van der Waals surface area (Å²) in [6, 6.07) is 9.63. The van der Waals surface area contributed by atoms with Crippen LogP contribution in [0.3, 0.4) is 0 Å². The van der Waals surface area contributed by atoms with E-state index in [0.29, 0.717) is 12.5 Å². The molecule has 3 rings (SSSR count). The van der Waals surface area contributed by atoms with E-state index in [1.807, 2.05) is 18.2 Å². The maximum Gasteiger partial charge on any atom is 0.251 e. The number of hydrogen-bond donors (Lipinski definition) is 1. The van der Waals surface area contributed by atoms with Crippen molar-refractivity contribution >= 4 is 0 Å². The van der Waals surface area contributed by atoms with E-state index in [1.54, 1.807) is 6.07 Å². The van der Waals surface area contributed by atoms with E-state index >= 15 is 0 Å². The number of rotatable bonds is 3. The van der Waals surface area contributed by atoms with Crippen molar-refractivity contribution in [2.45, 2.75) is 32.6 Å². The molecule has 2 heterocycles. The first kappa shape index (κ1) is 13.9. The van der Waals surface area contributed by atoms with Gasteiger partial charge in [0, 0.05) is 11.8 Å². The molecule has 1 aliphatic heterocycles. The van der Waals surface area contributed by atoms with Crippen molar-refractivity contribution in [3.05, 3.63) is 57.8 Å². The summed E-state index contributed by atoms with van der Waals surface area (Å²) >= 11 is 0. The number of H-pyrrole nitrogens is 1. The Morgan fingerprint density at radius 1 is 1.38 bits per heavy atom. The zero-order chi connectivity index (χ0) is 14.8. The van der Waals surface area contributed by atoms with Crippen LogP contribution in [0.4, 0.5) is 0 Å². The fourth-order valence-electron chi connectivity index (χ4n) is 2.75. The molecule has 0 aliphatic carbocycles. The summed E-state index contributed by atoms with van der Waals surface area (Å²) in [5.74, 6) is 2.28. The normalized spacial score (nSPS) is 17.4. The Balaban J connectivity index is 1.88. The van der Waals surface area contributed by atoms with Gasteiger partial charge in [0.05, 0.1) is 12.5 Å². The lowest BCUT2D eigenvalue weighted by molar-refractivity contribution is 0.257.